The van der Waals surface area contributed by atoms with Crippen LogP contribution in [0.3, 0.4) is 0 Å². The summed E-state index contributed by atoms with van der Waals surface area (Å²) in [5.74, 6) is 0.495. The lowest BCUT2D eigenvalue weighted by molar-refractivity contribution is -0.141. The highest BCUT2D eigenvalue weighted by Gasteiger charge is 2.42. The maximum absolute atomic E-state index is 12.9. The summed E-state index contributed by atoms with van der Waals surface area (Å²) in [7, 11) is 0. The van der Waals surface area contributed by atoms with Crippen molar-refractivity contribution in [2.24, 2.45) is 16.5 Å². The first kappa shape index (κ1) is 21.3. The molecule has 2 atom stereocenters. The second kappa shape index (κ2) is 7.61. The Kier molecular flexibility index (Phi) is 5.39. The summed E-state index contributed by atoms with van der Waals surface area (Å²) in [6.07, 6.45) is -4.22. The van der Waals surface area contributed by atoms with E-state index in [1.165, 1.54) is 17.8 Å². The SMILES string of the molecule is CC1=NC2=C(C(N)N1c1ccc(C(F)(F)F)nc1)N(c1c(Cl)cccc1Cl)C(N)S2. The van der Waals surface area contributed by atoms with E-state index in [-0.39, 0.29) is 0 Å². The van der Waals surface area contributed by atoms with Gasteiger partial charge in [-0.3, -0.25) is 0 Å². The van der Waals surface area contributed by atoms with E-state index in [2.05, 4.69) is 9.98 Å². The summed E-state index contributed by atoms with van der Waals surface area (Å²) >= 11 is 14.0. The molecule has 4 N–H and O–H groups in total. The molecular formula is C18H15Cl2F3N6S. The summed E-state index contributed by atoms with van der Waals surface area (Å²) in [5, 5.41) is 1.36. The zero-order valence-electron chi connectivity index (χ0n) is 15.4. The number of anilines is 2. The van der Waals surface area contributed by atoms with Gasteiger partial charge >= 0.3 is 6.18 Å². The van der Waals surface area contributed by atoms with Gasteiger partial charge in [-0.2, -0.15) is 13.2 Å². The van der Waals surface area contributed by atoms with E-state index in [4.69, 9.17) is 34.7 Å². The maximum Gasteiger partial charge on any atom is 0.433 e. The highest BCUT2D eigenvalue weighted by atomic mass is 35.5. The fourth-order valence-electron chi connectivity index (χ4n) is 3.36. The van der Waals surface area contributed by atoms with E-state index in [0.717, 1.165) is 12.3 Å². The molecule has 4 rings (SSSR count). The quantitative estimate of drug-likeness (QED) is 0.661. The van der Waals surface area contributed by atoms with Crippen molar-refractivity contribution in [3.05, 3.63) is 63.0 Å². The van der Waals surface area contributed by atoms with Gasteiger partial charge in [-0.1, -0.05) is 41.0 Å². The predicted molar refractivity (Wildman–Crippen MR) is 114 cm³/mol. The predicted octanol–water partition coefficient (Wildman–Crippen LogP) is 4.60. The normalized spacial score (nSPS) is 21.8. The lowest BCUT2D eigenvalue weighted by Gasteiger charge is -2.38. The molecule has 6 nitrogen and oxygen atoms in total. The maximum atomic E-state index is 12.9. The van der Waals surface area contributed by atoms with Crippen LogP contribution in [0.1, 0.15) is 12.6 Å². The second-order valence-corrected chi connectivity index (χ2v) is 8.43. The third kappa shape index (κ3) is 3.52. The summed E-state index contributed by atoms with van der Waals surface area (Å²) in [4.78, 5) is 11.4. The largest absolute Gasteiger partial charge is 0.433 e. The smallest absolute Gasteiger partial charge is 0.311 e. The summed E-state index contributed by atoms with van der Waals surface area (Å²) in [6.45, 7) is 1.71. The van der Waals surface area contributed by atoms with Crippen LogP contribution in [-0.4, -0.2) is 22.5 Å². The molecule has 1 aromatic heterocycles. The lowest BCUT2D eigenvalue weighted by Crippen LogP contribution is -2.53. The Morgan fingerprint density at radius 1 is 1.07 bits per heavy atom. The minimum Gasteiger partial charge on any atom is -0.311 e. The number of aromatic nitrogens is 1. The molecule has 0 radical (unpaired) electrons. The monoisotopic (exact) mass is 474 g/mol. The van der Waals surface area contributed by atoms with Gasteiger partial charge in [0, 0.05) is 0 Å². The Balaban J connectivity index is 1.76. The molecule has 0 fully saturated rings. The van der Waals surface area contributed by atoms with Crippen molar-refractivity contribution >= 4 is 52.2 Å². The first-order valence-electron chi connectivity index (χ1n) is 8.62. The van der Waals surface area contributed by atoms with Gasteiger partial charge in [-0.15, -0.1) is 0 Å². The van der Waals surface area contributed by atoms with E-state index in [1.807, 2.05) is 0 Å². The number of aliphatic imine (C=N–C) groups is 1. The van der Waals surface area contributed by atoms with Crippen molar-refractivity contribution in [3.8, 4) is 0 Å². The second-order valence-electron chi connectivity index (χ2n) is 6.51. The number of amidine groups is 1. The Morgan fingerprint density at radius 2 is 1.73 bits per heavy atom. The molecule has 0 saturated carbocycles. The van der Waals surface area contributed by atoms with Crippen molar-refractivity contribution in [2.45, 2.75) is 24.8 Å². The van der Waals surface area contributed by atoms with Crippen LogP contribution in [0, 0.1) is 0 Å². The lowest BCUT2D eigenvalue weighted by atomic mass is 10.2. The number of benzene rings is 1. The molecular weight excluding hydrogens is 460 g/mol. The molecule has 3 heterocycles. The van der Waals surface area contributed by atoms with Gasteiger partial charge in [-0.25, -0.2) is 9.98 Å². The molecule has 0 bridgehead atoms. The van der Waals surface area contributed by atoms with Crippen molar-refractivity contribution in [2.75, 3.05) is 9.80 Å². The zero-order valence-corrected chi connectivity index (χ0v) is 17.7. The molecule has 0 saturated heterocycles. The van der Waals surface area contributed by atoms with Crippen LogP contribution >= 0.6 is 35.0 Å². The fraction of sp³-hybridized carbons (Fsp3) is 0.222. The first-order chi connectivity index (χ1) is 14.1. The van der Waals surface area contributed by atoms with Crippen LogP contribution in [0.25, 0.3) is 0 Å². The zero-order chi connectivity index (χ0) is 21.8. The van der Waals surface area contributed by atoms with E-state index in [0.29, 0.717) is 38.0 Å². The minimum absolute atomic E-state index is 0.360. The average molecular weight is 475 g/mol. The number of halogens is 5. The van der Waals surface area contributed by atoms with Crippen LogP contribution in [0.4, 0.5) is 24.5 Å². The van der Waals surface area contributed by atoms with Gasteiger partial charge in [0.05, 0.1) is 33.3 Å². The fourth-order valence-corrected chi connectivity index (χ4v) is 5.01. The third-order valence-corrected chi connectivity index (χ3v) is 6.22. The van der Waals surface area contributed by atoms with Gasteiger partial charge in [0.15, 0.2) is 0 Å². The highest BCUT2D eigenvalue weighted by molar-refractivity contribution is 8.04. The van der Waals surface area contributed by atoms with Crippen LogP contribution in [0.5, 0.6) is 0 Å². The molecule has 2 unspecified atom stereocenters. The van der Waals surface area contributed by atoms with Gasteiger partial charge in [-0.05, 0) is 31.2 Å². The molecule has 0 spiro atoms. The number of nitrogens with zero attached hydrogens (tertiary/aromatic N) is 4. The number of hydrogen-bond acceptors (Lipinski definition) is 7. The Labute approximate surface area is 184 Å². The Hall–Kier alpha value is -1.98. The molecule has 2 aromatic rings. The van der Waals surface area contributed by atoms with Gasteiger partial charge in [0.1, 0.15) is 28.2 Å². The Bertz CT molecular complexity index is 1040. The average Bonchev–Trinajstić information content (AvgIpc) is 2.97. The molecule has 30 heavy (non-hydrogen) atoms. The number of hydrogen-bond donors (Lipinski definition) is 2. The standard InChI is InChI=1S/C18H15Cl2F3N6S/c1-8-27-16-14(29(17(25)30-16)13-10(19)3-2-4-11(13)20)15(24)28(8)9-5-6-12(26-7-9)18(21,22)23/h2-7,15,17H,24-25H2,1H3. The van der Waals surface area contributed by atoms with Crippen LogP contribution < -0.4 is 21.3 Å². The molecule has 2 aliphatic heterocycles. The summed E-state index contributed by atoms with van der Waals surface area (Å²) in [6, 6.07) is 7.27. The molecule has 0 aliphatic carbocycles. The molecule has 12 heteroatoms. The number of pyridine rings is 1. The van der Waals surface area contributed by atoms with Crippen LogP contribution in [0.2, 0.25) is 10.0 Å². The van der Waals surface area contributed by atoms with Gasteiger partial charge < -0.3 is 21.3 Å². The van der Waals surface area contributed by atoms with E-state index in [9.17, 15) is 13.2 Å². The van der Waals surface area contributed by atoms with E-state index >= 15 is 0 Å². The number of alkyl halides is 3. The topological polar surface area (TPSA) is 83.8 Å². The molecule has 1 aromatic carbocycles. The van der Waals surface area contributed by atoms with Crippen molar-refractivity contribution < 1.29 is 13.2 Å². The highest BCUT2D eigenvalue weighted by Crippen LogP contribution is 2.48. The van der Waals surface area contributed by atoms with Crippen LogP contribution in [0.15, 0.2) is 52.2 Å². The third-order valence-electron chi connectivity index (χ3n) is 4.63. The Morgan fingerprint density at radius 3 is 2.30 bits per heavy atom. The molecule has 2 aliphatic rings. The number of para-hydroxylation sites is 1. The molecule has 0 amide bonds. The number of rotatable bonds is 2. The number of nitrogens with two attached hydrogens (primary N) is 2. The van der Waals surface area contributed by atoms with Gasteiger partial charge in [0.2, 0.25) is 0 Å². The minimum atomic E-state index is -4.53. The van der Waals surface area contributed by atoms with E-state index < -0.39 is 23.5 Å². The number of thioether (sulfide) groups is 1. The van der Waals surface area contributed by atoms with Crippen molar-refractivity contribution in [3.63, 3.8) is 0 Å². The van der Waals surface area contributed by atoms with Crippen LogP contribution in [-0.2, 0) is 6.18 Å². The van der Waals surface area contributed by atoms with Crippen molar-refractivity contribution in [1.29, 1.82) is 0 Å². The first-order valence-corrected chi connectivity index (χ1v) is 10.3. The van der Waals surface area contributed by atoms with Crippen molar-refractivity contribution in [1.82, 2.24) is 4.98 Å². The van der Waals surface area contributed by atoms with Gasteiger partial charge in [0.25, 0.3) is 0 Å². The summed E-state index contributed by atoms with van der Waals surface area (Å²) < 4.78 is 38.6. The molecule has 158 valence electrons. The van der Waals surface area contributed by atoms with E-state index in [1.54, 1.807) is 34.9 Å². The summed E-state index contributed by atoms with van der Waals surface area (Å²) in [5.41, 5.74) is 12.7.